The molecule has 3 N–H and O–H groups in total. The number of ether oxygens (including phenoxy) is 1. The van der Waals surface area contributed by atoms with Crippen LogP contribution in [-0.2, 0) is 11.2 Å². The topological polar surface area (TPSA) is 90.2 Å². The number of aliphatic carboxylic acids is 1. The molecule has 6 rings (SSSR count). The highest BCUT2D eigenvalue weighted by Crippen LogP contribution is 2.68. The van der Waals surface area contributed by atoms with Gasteiger partial charge in [-0.25, -0.2) is 0 Å². The summed E-state index contributed by atoms with van der Waals surface area (Å²) in [6.45, 7) is 6.42. The first-order chi connectivity index (χ1) is 20.2. The number of carboxylic acid groups (broad SMARTS) is 1. The van der Waals surface area contributed by atoms with Gasteiger partial charge in [-0.3, -0.25) is 4.79 Å². The lowest BCUT2D eigenvalue weighted by Crippen LogP contribution is -2.53. The van der Waals surface area contributed by atoms with E-state index in [-0.39, 0.29) is 29.4 Å². The summed E-state index contributed by atoms with van der Waals surface area (Å²) in [5.41, 5.74) is 2.12. The number of likely N-dealkylation sites (tertiary alicyclic amines) is 1. The average Bonchev–Trinajstić information content (AvgIpc) is 3.26. The quantitative estimate of drug-likeness (QED) is 0.267. The molecule has 7 heteroatoms. The molecular formula is C35H46ClNO5. The first-order valence-corrected chi connectivity index (χ1v) is 16.5. The van der Waals surface area contributed by atoms with E-state index in [0.29, 0.717) is 36.3 Å². The fraction of sp³-hybridized carbons (Fsp3) is 0.629. The number of fused-ring (bicyclic) bond motifs is 5. The monoisotopic (exact) mass is 595 g/mol. The van der Waals surface area contributed by atoms with E-state index in [9.17, 15) is 20.1 Å². The molecule has 3 aliphatic carbocycles. The predicted octanol–water partition coefficient (Wildman–Crippen LogP) is 7.15. The minimum absolute atomic E-state index is 0.0148. The normalized spacial score (nSPS) is 32.5. The van der Waals surface area contributed by atoms with Crippen LogP contribution in [0.25, 0.3) is 0 Å². The molecule has 1 heterocycles. The second-order valence-corrected chi connectivity index (χ2v) is 14.0. The number of aliphatic hydroxyl groups is 1. The molecule has 228 valence electrons. The number of rotatable bonds is 9. The van der Waals surface area contributed by atoms with Gasteiger partial charge in [0.1, 0.15) is 11.5 Å². The lowest BCUT2D eigenvalue weighted by atomic mass is 9.49. The van der Waals surface area contributed by atoms with E-state index in [1.807, 2.05) is 0 Å². The smallest absolute Gasteiger partial charge is 0.303 e. The van der Waals surface area contributed by atoms with Crippen LogP contribution in [0, 0.1) is 17.3 Å². The molecular weight excluding hydrogens is 550 g/mol. The van der Waals surface area contributed by atoms with Gasteiger partial charge in [0.2, 0.25) is 0 Å². The van der Waals surface area contributed by atoms with Crippen molar-refractivity contribution in [2.45, 2.75) is 95.0 Å². The minimum atomic E-state index is -0.996. The van der Waals surface area contributed by atoms with Crippen LogP contribution in [0.15, 0.2) is 36.4 Å². The Hall–Kier alpha value is -2.28. The standard InChI is InChI=1S/C35H46ClNO5/c1-34-22-28(23-6-8-24(9-7-23)42-21-5-20-37-18-3-2-4-19-37)32-25-12-13-30(38)33(36)26(25)10-11-27(32)29(34)14-16-35(34,41)17-15-31(39)40/h6-9,12-13,27-29,32,38,41H,2-5,10-11,14-22H2,1H3,(H,39,40)/t27-,28+,29-,32+,34-,35+/m0/s1. The van der Waals surface area contributed by atoms with Gasteiger partial charge in [-0.05, 0) is 129 Å². The first kappa shape index (κ1) is 29.8. The fourth-order valence-corrected chi connectivity index (χ4v) is 9.62. The van der Waals surface area contributed by atoms with Crippen molar-refractivity contribution in [2.75, 3.05) is 26.2 Å². The number of piperidine rings is 1. The molecule has 1 aliphatic heterocycles. The number of benzene rings is 2. The maximum Gasteiger partial charge on any atom is 0.303 e. The third-order valence-electron chi connectivity index (χ3n) is 11.5. The molecule has 2 aromatic carbocycles. The molecule has 0 radical (unpaired) electrons. The zero-order valence-electron chi connectivity index (χ0n) is 24.9. The summed E-state index contributed by atoms with van der Waals surface area (Å²) in [6.07, 6.45) is 9.35. The lowest BCUT2D eigenvalue weighted by molar-refractivity contribution is -0.143. The molecule has 6 nitrogen and oxygen atoms in total. The summed E-state index contributed by atoms with van der Waals surface area (Å²) in [6, 6.07) is 12.3. The molecule has 0 unspecified atom stereocenters. The molecule has 3 fully saturated rings. The van der Waals surface area contributed by atoms with E-state index in [4.69, 9.17) is 16.3 Å². The van der Waals surface area contributed by atoms with Crippen LogP contribution in [0.1, 0.15) is 99.7 Å². The summed E-state index contributed by atoms with van der Waals surface area (Å²) in [4.78, 5) is 14.1. The fourth-order valence-electron chi connectivity index (χ4n) is 9.36. The van der Waals surface area contributed by atoms with E-state index in [1.165, 1.54) is 43.5 Å². The Bertz CT molecular complexity index is 1280. The van der Waals surface area contributed by atoms with E-state index < -0.39 is 11.6 Å². The van der Waals surface area contributed by atoms with Crippen molar-refractivity contribution in [1.29, 1.82) is 0 Å². The zero-order chi connectivity index (χ0) is 29.5. The summed E-state index contributed by atoms with van der Waals surface area (Å²) < 4.78 is 6.14. The van der Waals surface area contributed by atoms with Gasteiger partial charge in [-0.15, -0.1) is 0 Å². The van der Waals surface area contributed by atoms with Crippen LogP contribution < -0.4 is 4.74 Å². The van der Waals surface area contributed by atoms with Crippen molar-refractivity contribution >= 4 is 17.6 Å². The SMILES string of the molecule is C[C@]12C[C@H](c3ccc(OCCCN4CCCCC4)cc3)[C@@H]3c4ccc(O)c(Cl)c4CC[C@H]3[C@@H]1CC[C@@]2(O)CCC(=O)O. The molecule has 0 spiro atoms. The van der Waals surface area contributed by atoms with Crippen molar-refractivity contribution in [2.24, 2.45) is 17.3 Å². The number of phenolic OH excluding ortho intramolecular Hbond substituents is 1. The maximum atomic E-state index is 12.0. The number of aromatic hydroxyl groups is 1. The van der Waals surface area contributed by atoms with Gasteiger partial charge in [0.05, 0.1) is 17.2 Å². The number of carbonyl (C=O) groups is 1. The van der Waals surface area contributed by atoms with Crippen molar-refractivity contribution in [3.8, 4) is 11.5 Å². The number of hydrogen-bond donors (Lipinski definition) is 3. The maximum absolute atomic E-state index is 12.0. The average molecular weight is 596 g/mol. The molecule has 2 saturated carbocycles. The van der Waals surface area contributed by atoms with Crippen LogP contribution in [-0.4, -0.2) is 58.0 Å². The van der Waals surface area contributed by atoms with Crippen LogP contribution in [0.3, 0.4) is 0 Å². The molecule has 42 heavy (non-hydrogen) atoms. The second-order valence-electron chi connectivity index (χ2n) is 13.7. The van der Waals surface area contributed by atoms with Gasteiger partial charge in [0.25, 0.3) is 0 Å². The molecule has 1 saturated heterocycles. The second kappa shape index (κ2) is 12.0. The highest BCUT2D eigenvalue weighted by molar-refractivity contribution is 6.32. The molecule has 0 aromatic heterocycles. The van der Waals surface area contributed by atoms with Crippen LogP contribution in [0.5, 0.6) is 11.5 Å². The number of phenols is 1. The largest absolute Gasteiger partial charge is 0.506 e. The number of halogens is 1. The van der Waals surface area contributed by atoms with Crippen LogP contribution >= 0.6 is 11.6 Å². The Morgan fingerprint density at radius 3 is 2.60 bits per heavy atom. The third-order valence-corrected chi connectivity index (χ3v) is 12.0. The van der Waals surface area contributed by atoms with E-state index in [1.54, 1.807) is 6.07 Å². The van der Waals surface area contributed by atoms with Gasteiger partial charge in [-0.2, -0.15) is 0 Å². The van der Waals surface area contributed by atoms with Gasteiger partial charge in [0.15, 0.2) is 0 Å². The van der Waals surface area contributed by atoms with Crippen molar-refractivity contribution in [3.63, 3.8) is 0 Å². The van der Waals surface area contributed by atoms with Gasteiger partial charge in [0, 0.05) is 18.4 Å². The van der Waals surface area contributed by atoms with Crippen LogP contribution in [0.2, 0.25) is 5.02 Å². The summed E-state index contributed by atoms with van der Waals surface area (Å²) in [5, 5.41) is 32.3. The minimum Gasteiger partial charge on any atom is -0.506 e. The predicted molar refractivity (Wildman–Crippen MR) is 165 cm³/mol. The molecule has 0 amide bonds. The van der Waals surface area contributed by atoms with Crippen molar-refractivity contribution in [1.82, 2.24) is 4.90 Å². The molecule has 2 aromatic rings. The number of nitrogens with zero attached hydrogens (tertiary/aromatic N) is 1. The third kappa shape index (κ3) is 5.44. The number of carboxylic acids is 1. The summed E-state index contributed by atoms with van der Waals surface area (Å²) in [7, 11) is 0. The summed E-state index contributed by atoms with van der Waals surface area (Å²) in [5.74, 6) is 1.18. The Morgan fingerprint density at radius 2 is 1.86 bits per heavy atom. The Kier molecular flexibility index (Phi) is 8.52. The van der Waals surface area contributed by atoms with Crippen molar-refractivity contribution in [3.05, 3.63) is 58.1 Å². The zero-order valence-corrected chi connectivity index (χ0v) is 25.6. The lowest BCUT2D eigenvalue weighted by Gasteiger charge is -2.56. The van der Waals surface area contributed by atoms with Crippen LogP contribution in [0.4, 0.5) is 0 Å². The molecule has 6 atom stereocenters. The highest BCUT2D eigenvalue weighted by atomic mass is 35.5. The van der Waals surface area contributed by atoms with Gasteiger partial charge >= 0.3 is 5.97 Å². The van der Waals surface area contributed by atoms with E-state index >= 15 is 0 Å². The van der Waals surface area contributed by atoms with Gasteiger partial charge < -0.3 is 25.0 Å². The Balaban J connectivity index is 1.26. The molecule has 0 bridgehead atoms. The first-order valence-electron chi connectivity index (χ1n) is 16.1. The Labute approximate surface area is 255 Å². The Morgan fingerprint density at radius 1 is 1.10 bits per heavy atom. The number of hydrogen-bond acceptors (Lipinski definition) is 5. The van der Waals surface area contributed by atoms with E-state index in [0.717, 1.165) is 50.0 Å². The summed E-state index contributed by atoms with van der Waals surface area (Å²) >= 11 is 6.66. The highest BCUT2D eigenvalue weighted by Gasteiger charge is 2.63. The molecule has 4 aliphatic rings. The van der Waals surface area contributed by atoms with E-state index in [2.05, 4.69) is 42.2 Å². The van der Waals surface area contributed by atoms with Crippen molar-refractivity contribution < 1.29 is 24.9 Å². The van der Waals surface area contributed by atoms with Gasteiger partial charge in [-0.1, -0.05) is 43.1 Å².